The predicted molar refractivity (Wildman–Crippen MR) is 135 cm³/mol. The number of furan rings is 1. The summed E-state index contributed by atoms with van der Waals surface area (Å²) in [7, 11) is 3.17. The number of benzene rings is 1. The van der Waals surface area contributed by atoms with Crippen LogP contribution in [0, 0.1) is 0 Å². The first kappa shape index (κ1) is 24.7. The van der Waals surface area contributed by atoms with Crippen molar-refractivity contribution in [2.45, 2.75) is 44.3 Å². The molecule has 10 heteroatoms. The molecule has 0 unspecified atom stereocenters. The molecule has 0 saturated carbocycles. The number of carboxylic acid groups (broad SMARTS) is 1. The van der Waals surface area contributed by atoms with Crippen LogP contribution in [0.3, 0.4) is 0 Å². The Morgan fingerprint density at radius 3 is 2.37 bits per heavy atom. The molecule has 186 valence electrons. The summed E-state index contributed by atoms with van der Waals surface area (Å²) in [5.41, 5.74) is 0.761. The predicted octanol–water partition coefficient (Wildman–Crippen LogP) is 5.17. The first-order chi connectivity index (χ1) is 17.0. The van der Waals surface area contributed by atoms with E-state index in [1.165, 1.54) is 18.9 Å². The number of rotatable bonds is 9. The van der Waals surface area contributed by atoms with Crippen molar-refractivity contribution in [2.24, 2.45) is 0 Å². The highest BCUT2D eigenvalue weighted by Gasteiger charge is 2.20. The van der Waals surface area contributed by atoms with E-state index < -0.39 is 5.97 Å². The minimum atomic E-state index is -1.06. The lowest BCUT2D eigenvalue weighted by molar-refractivity contribution is -0.131. The highest BCUT2D eigenvalue weighted by atomic mass is 32.2. The second kappa shape index (κ2) is 11.4. The zero-order chi connectivity index (χ0) is 24.8. The van der Waals surface area contributed by atoms with Crippen molar-refractivity contribution >= 4 is 29.7 Å². The van der Waals surface area contributed by atoms with Crippen LogP contribution < -0.4 is 14.4 Å². The van der Waals surface area contributed by atoms with Crippen LogP contribution in [-0.2, 0) is 11.3 Å². The van der Waals surface area contributed by atoms with Gasteiger partial charge in [-0.3, -0.25) is 0 Å². The van der Waals surface area contributed by atoms with Gasteiger partial charge in [-0.25, -0.2) is 4.79 Å². The highest BCUT2D eigenvalue weighted by Crippen LogP contribution is 2.34. The van der Waals surface area contributed by atoms with Crippen LogP contribution in [0.2, 0.25) is 0 Å². The maximum Gasteiger partial charge on any atom is 0.342 e. The fourth-order valence-electron chi connectivity index (χ4n) is 4.04. The van der Waals surface area contributed by atoms with Gasteiger partial charge >= 0.3 is 5.97 Å². The average molecular weight is 499 g/mol. The van der Waals surface area contributed by atoms with Crippen LogP contribution in [0.1, 0.15) is 38.4 Å². The van der Waals surface area contributed by atoms with Gasteiger partial charge in [-0.1, -0.05) is 12.8 Å². The number of nitrogens with zero attached hydrogens (tertiary/aromatic N) is 4. The third kappa shape index (κ3) is 5.82. The molecular weight excluding hydrogens is 468 g/mol. The molecule has 35 heavy (non-hydrogen) atoms. The molecule has 1 aromatic carbocycles. The Morgan fingerprint density at radius 1 is 1.09 bits per heavy atom. The molecule has 0 bridgehead atoms. The molecule has 0 atom stereocenters. The first-order valence-corrected chi connectivity index (χ1v) is 12.5. The van der Waals surface area contributed by atoms with E-state index in [-0.39, 0.29) is 4.91 Å². The average Bonchev–Trinajstić information content (AvgIpc) is 3.41. The van der Waals surface area contributed by atoms with E-state index in [0.29, 0.717) is 34.8 Å². The van der Waals surface area contributed by atoms with Gasteiger partial charge in [0.2, 0.25) is 0 Å². The smallest absolute Gasteiger partial charge is 0.342 e. The fourth-order valence-corrected chi connectivity index (χ4v) is 4.91. The molecule has 0 amide bonds. The normalized spacial score (nSPS) is 14.6. The standard InChI is InChI=1S/C25H30N4O5S/c1-4-29-23(17-13-19(32-2)15-20(14-17)33-3)26-27-25(29)35-21(24(30)31)16-18-9-10-22(34-18)28-11-7-5-6-8-12-28/h9-10,13-16H,4-8,11-12H2,1-3H3,(H,30,31)/b21-16-. The summed E-state index contributed by atoms with van der Waals surface area (Å²) in [5.74, 6) is 2.07. The van der Waals surface area contributed by atoms with Crippen LogP contribution in [0.5, 0.6) is 11.5 Å². The third-order valence-corrected chi connectivity index (χ3v) is 6.86. The molecule has 4 rings (SSSR count). The van der Waals surface area contributed by atoms with E-state index in [2.05, 4.69) is 15.1 Å². The zero-order valence-corrected chi connectivity index (χ0v) is 21.0. The Hall–Kier alpha value is -3.40. The van der Waals surface area contributed by atoms with E-state index in [1.54, 1.807) is 20.3 Å². The summed E-state index contributed by atoms with van der Waals surface area (Å²) in [6, 6.07) is 9.18. The van der Waals surface area contributed by atoms with E-state index in [4.69, 9.17) is 13.9 Å². The molecule has 3 aromatic rings. The molecule has 0 aliphatic carbocycles. The number of aromatic nitrogens is 3. The summed E-state index contributed by atoms with van der Waals surface area (Å²) < 4.78 is 18.6. The summed E-state index contributed by atoms with van der Waals surface area (Å²) >= 11 is 1.04. The Bertz CT molecular complexity index is 1170. The van der Waals surface area contributed by atoms with Crippen molar-refractivity contribution in [3.63, 3.8) is 0 Å². The Labute approximate surface area is 208 Å². The summed E-state index contributed by atoms with van der Waals surface area (Å²) in [5, 5.41) is 19.0. The van der Waals surface area contributed by atoms with Crippen molar-refractivity contribution in [1.29, 1.82) is 0 Å². The number of carbonyl (C=O) groups is 1. The van der Waals surface area contributed by atoms with Crippen LogP contribution in [-0.4, -0.2) is 53.1 Å². The van der Waals surface area contributed by atoms with Gasteiger partial charge in [0, 0.05) is 43.4 Å². The number of methoxy groups -OCH3 is 2. The van der Waals surface area contributed by atoms with Crippen LogP contribution in [0.4, 0.5) is 5.88 Å². The second-order valence-electron chi connectivity index (χ2n) is 8.14. The monoisotopic (exact) mass is 498 g/mol. The second-order valence-corrected chi connectivity index (χ2v) is 9.15. The lowest BCUT2D eigenvalue weighted by Gasteiger charge is -2.18. The first-order valence-electron chi connectivity index (χ1n) is 11.7. The van der Waals surface area contributed by atoms with Crippen molar-refractivity contribution in [3.8, 4) is 22.9 Å². The topological polar surface area (TPSA) is 103 Å². The van der Waals surface area contributed by atoms with Gasteiger partial charge in [0.15, 0.2) is 16.9 Å². The van der Waals surface area contributed by atoms with Gasteiger partial charge in [-0.15, -0.1) is 10.2 Å². The molecular formula is C25H30N4O5S. The summed E-state index contributed by atoms with van der Waals surface area (Å²) in [4.78, 5) is 14.4. The van der Waals surface area contributed by atoms with Gasteiger partial charge in [0.25, 0.3) is 0 Å². The molecule has 1 aliphatic heterocycles. The van der Waals surface area contributed by atoms with Crippen molar-refractivity contribution < 1.29 is 23.8 Å². The Balaban J connectivity index is 1.60. The molecule has 1 N–H and O–H groups in total. The van der Waals surface area contributed by atoms with E-state index in [0.717, 1.165) is 49.1 Å². The molecule has 0 spiro atoms. The quantitative estimate of drug-likeness (QED) is 0.316. The van der Waals surface area contributed by atoms with E-state index in [1.807, 2.05) is 35.8 Å². The van der Waals surface area contributed by atoms with Crippen molar-refractivity contribution in [2.75, 3.05) is 32.2 Å². The minimum Gasteiger partial charge on any atom is -0.497 e. The highest BCUT2D eigenvalue weighted by molar-refractivity contribution is 8.04. The van der Waals surface area contributed by atoms with Crippen LogP contribution >= 0.6 is 11.8 Å². The molecule has 1 aliphatic rings. The maximum absolute atomic E-state index is 12.1. The van der Waals surface area contributed by atoms with Gasteiger partial charge in [-0.2, -0.15) is 0 Å². The van der Waals surface area contributed by atoms with Crippen molar-refractivity contribution in [1.82, 2.24) is 14.8 Å². The van der Waals surface area contributed by atoms with Gasteiger partial charge < -0.3 is 28.5 Å². The number of carboxylic acids is 1. The van der Waals surface area contributed by atoms with E-state index in [9.17, 15) is 9.90 Å². The molecule has 2 aromatic heterocycles. The van der Waals surface area contributed by atoms with Crippen molar-refractivity contribution in [3.05, 3.63) is 41.0 Å². The van der Waals surface area contributed by atoms with Gasteiger partial charge in [0.1, 0.15) is 22.2 Å². The lowest BCUT2D eigenvalue weighted by atomic mass is 10.2. The summed E-state index contributed by atoms with van der Waals surface area (Å²) in [6.45, 7) is 4.42. The number of aliphatic carboxylic acids is 1. The minimum absolute atomic E-state index is 0.0960. The number of hydrogen-bond acceptors (Lipinski definition) is 8. The van der Waals surface area contributed by atoms with Gasteiger partial charge in [-0.05, 0) is 49.7 Å². The third-order valence-electron chi connectivity index (χ3n) is 5.86. The largest absolute Gasteiger partial charge is 0.497 e. The van der Waals surface area contributed by atoms with Crippen LogP contribution in [0.25, 0.3) is 17.5 Å². The molecule has 9 nitrogen and oxygen atoms in total. The zero-order valence-electron chi connectivity index (χ0n) is 20.2. The summed E-state index contributed by atoms with van der Waals surface area (Å²) in [6.07, 6.45) is 6.27. The lowest BCUT2D eigenvalue weighted by Crippen LogP contribution is -2.23. The maximum atomic E-state index is 12.1. The van der Waals surface area contributed by atoms with Gasteiger partial charge in [0.05, 0.1) is 14.2 Å². The molecule has 0 radical (unpaired) electrons. The molecule has 3 heterocycles. The SMILES string of the molecule is CCn1c(S/C(=C\c2ccc(N3CCCCCC3)o2)C(=O)O)nnc1-c1cc(OC)cc(OC)c1. The number of anilines is 1. The molecule has 1 saturated heterocycles. The Kier molecular flexibility index (Phi) is 8.02. The van der Waals surface area contributed by atoms with E-state index >= 15 is 0 Å². The fraction of sp³-hybridized carbons (Fsp3) is 0.400. The van der Waals surface area contributed by atoms with Crippen LogP contribution in [0.15, 0.2) is 44.8 Å². The molecule has 1 fully saturated rings. The number of hydrogen-bond donors (Lipinski definition) is 1. The number of thioether (sulfide) groups is 1. The number of ether oxygens (including phenoxy) is 2. The Morgan fingerprint density at radius 2 is 1.77 bits per heavy atom.